The van der Waals surface area contributed by atoms with Gasteiger partial charge in [-0.15, -0.1) is 0 Å². The lowest BCUT2D eigenvalue weighted by molar-refractivity contribution is -0.128. The number of carbonyl (C=O) groups excluding carboxylic acids is 1. The number of para-hydroxylation sites is 1. The number of amides is 1. The molecule has 2 aromatic carbocycles. The Balaban J connectivity index is 1.41. The number of aromatic nitrogens is 1. The number of aryl methyl sites for hydroxylation is 1. The molecule has 3 aromatic rings. The summed E-state index contributed by atoms with van der Waals surface area (Å²) in [4.78, 5) is 21.4. The van der Waals surface area contributed by atoms with Gasteiger partial charge in [0.25, 0.3) is 0 Å². The highest BCUT2D eigenvalue weighted by Gasteiger charge is 2.27. The normalized spacial score (nSPS) is 15.1. The summed E-state index contributed by atoms with van der Waals surface area (Å²) in [5.74, 6) is -0.830. The van der Waals surface area contributed by atoms with Crippen molar-refractivity contribution in [3.63, 3.8) is 0 Å². The predicted molar refractivity (Wildman–Crippen MR) is 116 cm³/mol. The maximum atomic E-state index is 12.6. The number of sulfone groups is 1. The van der Waals surface area contributed by atoms with Crippen LogP contribution in [0.4, 0.5) is 5.13 Å². The summed E-state index contributed by atoms with van der Waals surface area (Å²) in [7, 11) is -3.61. The van der Waals surface area contributed by atoms with Crippen molar-refractivity contribution in [1.29, 1.82) is 0 Å². The molecule has 6 nitrogen and oxygen atoms in total. The summed E-state index contributed by atoms with van der Waals surface area (Å²) in [5, 5.41) is 0.963. The fourth-order valence-corrected chi connectivity index (χ4v) is 5.84. The second kappa shape index (κ2) is 8.12. The van der Waals surface area contributed by atoms with Gasteiger partial charge < -0.3 is 9.80 Å². The number of fused-ring (bicyclic) bond motifs is 1. The fraction of sp³-hybridized carbons (Fsp3) is 0.333. The average Bonchev–Trinajstić information content (AvgIpc) is 3.18. The van der Waals surface area contributed by atoms with Crippen molar-refractivity contribution in [3.05, 3.63) is 54.1 Å². The van der Waals surface area contributed by atoms with Gasteiger partial charge in [-0.2, -0.15) is 0 Å². The molecule has 1 aliphatic heterocycles. The molecule has 8 heteroatoms. The zero-order valence-corrected chi connectivity index (χ0v) is 17.9. The van der Waals surface area contributed by atoms with Crippen molar-refractivity contribution >= 4 is 42.4 Å². The molecule has 0 N–H and O–H groups in total. The molecule has 1 aromatic heterocycles. The molecule has 0 saturated carbocycles. The summed E-state index contributed by atoms with van der Waals surface area (Å²) in [6.07, 6.45) is 0.943. The molecule has 0 radical (unpaired) electrons. The number of rotatable bonds is 5. The number of carbonyl (C=O) groups is 1. The first-order valence-corrected chi connectivity index (χ1v) is 12.1. The first kappa shape index (κ1) is 19.8. The van der Waals surface area contributed by atoms with Crippen molar-refractivity contribution < 1.29 is 13.2 Å². The van der Waals surface area contributed by atoms with Crippen molar-refractivity contribution in [2.75, 3.05) is 36.8 Å². The quantitative estimate of drug-likeness (QED) is 0.624. The van der Waals surface area contributed by atoms with E-state index in [-0.39, 0.29) is 10.8 Å². The van der Waals surface area contributed by atoms with E-state index in [0.717, 1.165) is 17.1 Å². The van der Waals surface area contributed by atoms with Gasteiger partial charge in [0.15, 0.2) is 15.0 Å². The van der Waals surface area contributed by atoms with Gasteiger partial charge >= 0.3 is 0 Å². The fourth-order valence-electron chi connectivity index (χ4n) is 3.53. The highest BCUT2D eigenvalue weighted by atomic mass is 32.2. The third-order valence-electron chi connectivity index (χ3n) is 5.19. The lowest BCUT2D eigenvalue weighted by Gasteiger charge is -2.34. The minimum Gasteiger partial charge on any atom is -0.345 e. The predicted octanol–water partition coefficient (Wildman–Crippen LogP) is 2.98. The van der Waals surface area contributed by atoms with Crippen molar-refractivity contribution in [2.45, 2.75) is 18.2 Å². The molecule has 1 fully saturated rings. The Labute approximate surface area is 174 Å². The zero-order valence-electron chi connectivity index (χ0n) is 16.2. The summed E-state index contributed by atoms with van der Waals surface area (Å²) in [6, 6.07) is 14.4. The van der Waals surface area contributed by atoms with Gasteiger partial charge in [0.05, 0.1) is 15.1 Å². The third-order valence-corrected chi connectivity index (χ3v) is 7.89. The van der Waals surface area contributed by atoms with Gasteiger partial charge in [0.1, 0.15) is 5.75 Å². The van der Waals surface area contributed by atoms with Crippen LogP contribution in [0.15, 0.2) is 53.4 Å². The molecule has 1 aliphatic rings. The lowest BCUT2D eigenvalue weighted by Crippen LogP contribution is -2.50. The summed E-state index contributed by atoms with van der Waals surface area (Å²) < 4.78 is 26.1. The van der Waals surface area contributed by atoms with Crippen molar-refractivity contribution in [2.24, 2.45) is 0 Å². The van der Waals surface area contributed by atoms with Crippen LogP contribution in [-0.4, -0.2) is 56.1 Å². The standard InChI is InChI=1S/C21H23N3O3S2/c1-2-16-7-6-10-18-20(16)22-21(28-18)24-13-11-23(12-14-24)19(25)15-29(26,27)17-8-4-3-5-9-17/h3-10H,2,11-15H2,1H3. The van der Waals surface area contributed by atoms with Crippen LogP contribution in [0.5, 0.6) is 0 Å². The van der Waals surface area contributed by atoms with Crippen LogP contribution in [0.2, 0.25) is 0 Å². The molecule has 152 valence electrons. The molecule has 29 heavy (non-hydrogen) atoms. The SMILES string of the molecule is CCc1cccc2sc(N3CCN(C(=O)CS(=O)(=O)c4ccccc4)CC3)nc12. The van der Waals surface area contributed by atoms with Crippen LogP contribution in [0.1, 0.15) is 12.5 Å². The monoisotopic (exact) mass is 429 g/mol. The number of anilines is 1. The van der Waals surface area contributed by atoms with E-state index in [9.17, 15) is 13.2 Å². The molecule has 4 rings (SSSR count). The number of benzene rings is 2. The van der Waals surface area contributed by atoms with E-state index >= 15 is 0 Å². The minimum atomic E-state index is -3.61. The Bertz CT molecular complexity index is 1120. The topological polar surface area (TPSA) is 70.6 Å². The summed E-state index contributed by atoms with van der Waals surface area (Å²) in [5.41, 5.74) is 2.30. The Morgan fingerprint density at radius 3 is 2.45 bits per heavy atom. The number of hydrogen-bond donors (Lipinski definition) is 0. The molecule has 0 unspecified atom stereocenters. The summed E-state index contributed by atoms with van der Waals surface area (Å²) in [6.45, 7) is 4.43. The minimum absolute atomic E-state index is 0.188. The summed E-state index contributed by atoms with van der Waals surface area (Å²) >= 11 is 1.67. The van der Waals surface area contributed by atoms with Crippen LogP contribution in [0, 0.1) is 0 Å². The van der Waals surface area contributed by atoms with Crippen LogP contribution in [0.3, 0.4) is 0 Å². The lowest BCUT2D eigenvalue weighted by atomic mass is 10.1. The largest absolute Gasteiger partial charge is 0.345 e. The van der Waals surface area contributed by atoms with Gasteiger partial charge in [-0.1, -0.05) is 48.6 Å². The van der Waals surface area contributed by atoms with Gasteiger partial charge in [-0.25, -0.2) is 13.4 Å². The highest BCUT2D eigenvalue weighted by Crippen LogP contribution is 2.31. The molecule has 0 spiro atoms. The Hall–Kier alpha value is -2.45. The third kappa shape index (κ3) is 4.13. The van der Waals surface area contributed by atoms with Crippen LogP contribution >= 0.6 is 11.3 Å². The maximum Gasteiger partial charge on any atom is 0.238 e. The average molecular weight is 430 g/mol. The Kier molecular flexibility index (Phi) is 5.56. The first-order valence-electron chi connectivity index (χ1n) is 9.67. The van der Waals surface area contributed by atoms with Crippen molar-refractivity contribution in [3.8, 4) is 0 Å². The van der Waals surface area contributed by atoms with Gasteiger partial charge in [-0.3, -0.25) is 4.79 Å². The number of piperazine rings is 1. The maximum absolute atomic E-state index is 12.6. The van der Waals surface area contributed by atoms with Crippen LogP contribution in [0.25, 0.3) is 10.2 Å². The number of nitrogens with zero attached hydrogens (tertiary/aromatic N) is 3. The number of thiazole rings is 1. The van der Waals surface area contributed by atoms with Gasteiger partial charge in [0.2, 0.25) is 5.91 Å². The Morgan fingerprint density at radius 2 is 1.76 bits per heavy atom. The van der Waals surface area contributed by atoms with E-state index in [0.29, 0.717) is 26.2 Å². The van der Waals surface area contributed by atoms with Crippen LogP contribution in [-0.2, 0) is 21.1 Å². The molecule has 1 amide bonds. The molecular formula is C21H23N3O3S2. The molecular weight excluding hydrogens is 406 g/mol. The van der Waals surface area contributed by atoms with Crippen LogP contribution < -0.4 is 4.90 Å². The Morgan fingerprint density at radius 1 is 1.03 bits per heavy atom. The van der Waals surface area contributed by atoms with E-state index < -0.39 is 15.6 Å². The molecule has 0 aliphatic carbocycles. The number of hydrogen-bond acceptors (Lipinski definition) is 6. The van der Waals surface area contributed by atoms with Crippen molar-refractivity contribution in [1.82, 2.24) is 9.88 Å². The first-order chi connectivity index (χ1) is 14.0. The zero-order chi connectivity index (χ0) is 20.4. The molecule has 0 atom stereocenters. The van der Waals surface area contributed by atoms with Gasteiger partial charge in [0, 0.05) is 26.2 Å². The van der Waals surface area contributed by atoms with Gasteiger partial charge in [-0.05, 0) is 30.2 Å². The molecule has 1 saturated heterocycles. The smallest absolute Gasteiger partial charge is 0.238 e. The van der Waals surface area contributed by atoms with E-state index in [1.165, 1.54) is 22.4 Å². The molecule has 0 bridgehead atoms. The second-order valence-electron chi connectivity index (χ2n) is 7.05. The van der Waals surface area contributed by atoms with E-state index in [4.69, 9.17) is 4.98 Å². The molecule has 2 heterocycles. The highest BCUT2D eigenvalue weighted by molar-refractivity contribution is 7.92. The van der Waals surface area contributed by atoms with E-state index in [1.807, 2.05) is 0 Å². The van der Waals surface area contributed by atoms with E-state index in [2.05, 4.69) is 30.0 Å². The van der Waals surface area contributed by atoms with E-state index in [1.54, 1.807) is 34.4 Å². The second-order valence-corrected chi connectivity index (χ2v) is 10.1.